The van der Waals surface area contributed by atoms with E-state index in [1.165, 1.54) is 0 Å². The van der Waals surface area contributed by atoms with Gasteiger partial charge < -0.3 is 14.8 Å². The lowest BCUT2D eigenvalue weighted by molar-refractivity contribution is 0.0943. The van der Waals surface area contributed by atoms with Crippen LogP contribution in [-0.4, -0.2) is 22.5 Å². The van der Waals surface area contributed by atoms with Gasteiger partial charge in [0.2, 0.25) is 6.79 Å². The van der Waals surface area contributed by atoms with Crippen LogP contribution in [0.25, 0.3) is 16.3 Å². The third-order valence-electron chi connectivity index (χ3n) is 4.85. The molecule has 7 heteroatoms. The second kappa shape index (κ2) is 7.68. The number of nitrogens with zero attached hydrogens (tertiary/aromatic N) is 2. The normalized spacial score (nSPS) is 12.2. The van der Waals surface area contributed by atoms with E-state index in [0.717, 1.165) is 33.1 Å². The molecular formula is C23H19N3O3S. The number of ether oxygens (including phenoxy) is 2. The summed E-state index contributed by atoms with van der Waals surface area (Å²) in [6, 6.07) is 19.4. The van der Waals surface area contributed by atoms with Crippen molar-refractivity contribution in [1.29, 1.82) is 0 Å². The Kier molecular flexibility index (Phi) is 4.72. The number of hydrogen-bond donors (Lipinski definition) is 1. The minimum atomic E-state index is -0.190. The highest BCUT2D eigenvalue weighted by Crippen LogP contribution is 2.32. The number of carbonyl (C=O) groups is 1. The highest BCUT2D eigenvalue weighted by Gasteiger charge is 2.19. The highest BCUT2D eigenvalue weighted by atomic mass is 32.1. The number of hydrogen-bond acceptors (Lipinski definition) is 5. The summed E-state index contributed by atoms with van der Waals surface area (Å²) in [6.07, 6.45) is 0. The van der Waals surface area contributed by atoms with Crippen LogP contribution in [0.1, 0.15) is 21.6 Å². The van der Waals surface area contributed by atoms with E-state index in [1.54, 1.807) is 16.0 Å². The van der Waals surface area contributed by atoms with Crippen LogP contribution in [0.2, 0.25) is 0 Å². The summed E-state index contributed by atoms with van der Waals surface area (Å²) in [7, 11) is 0. The van der Waals surface area contributed by atoms with Gasteiger partial charge in [0.1, 0.15) is 11.4 Å². The summed E-state index contributed by atoms with van der Waals surface area (Å²) in [6.45, 7) is 2.63. The molecule has 0 atom stereocenters. The highest BCUT2D eigenvalue weighted by molar-refractivity contribution is 7.13. The van der Waals surface area contributed by atoms with Crippen LogP contribution in [0, 0.1) is 6.92 Å². The minimum Gasteiger partial charge on any atom is -0.454 e. The van der Waals surface area contributed by atoms with Gasteiger partial charge in [-0.25, -0.2) is 4.68 Å². The summed E-state index contributed by atoms with van der Waals surface area (Å²) in [5, 5.41) is 9.71. The first-order valence-corrected chi connectivity index (χ1v) is 10.4. The number of benzene rings is 2. The number of aryl methyl sites for hydroxylation is 1. The zero-order valence-electron chi connectivity index (χ0n) is 16.3. The number of fused-ring (bicyclic) bond motifs is 1. The molecule has 5 rings (SSSR count). The van der Waals surface area contributed by atoms with Crippen LogP contribution < -0.4 is 14.8 Å². The molecular weight excluding hydrogens is 398 g/mol. The fraction of sp³-hybridized carbons (Fsp3) is 0.130. The molecule has 0 radical (unpaired) electrons. The van der Waals surface area contributed by atoms with Crippen molar-refractivity contribution in [3.8, 4) is 27.8 Å². The Morgan fingerprint density at radius 3 is 2.83 bits per heavy atom. The van der Waals surface area contributed by atoms with Crippen LogP contribution in [0.3, 0.4) is 0 Å². The van der Waals surface area contributed by atoms with Crippen molar-refractivity contribution in [2.45, 2.75) is 13.5 Å². The van der Waals surface area contributed by atoms with Crippen LogP contribution in [0.15, 0.2) is 66.0 Å². The SMILES string of the molecule is Cc1cccc(-n2nc(-c3cccs3)cc2C(=O)NCc2ccc3c(c2)OCO3)c1. The number of thiophene rings is 1. The Labute approximate surface area is 177 Å². The molecule has 0 spiro atoms. The zero-order valence-corrected chi connectivity index (χ0v) is 17.1. The molecule has 1 amide bonds. The van der Waals surface area contributed by atoms with E-state index in [4.69, 9.17) is 14.6 Å². The van der Waals surface area contributed by atoms with E-state index in [2.05, 4.69) is 5.32 Å². The predicted molar refractivity (Wildman–Crippen MR) is 115 cm³/mol. The third-order valence-corrected chi connectivity index (χ3v) is 5.74. The molecule has 2 aromatic carbocycles. The summed E-state index contributed by atoms with van der Waals surface area (Å²) in [5.41, 5.74) is 4.16. The average Bonchev–Trinajstić information content (AvgIpc) is 3.51. The summed E-state index contributed by atoms with van der Waals surface area (Å²) in [5.74, 6) is 1.24. The van der Waals surface area contributed by atoms with Gasteiger partial charge in [-0.1, -0.05) is 24.3 Å². The Bertz CT molecular complexity index is 1210. The maximum atomic E-state index is 13.1. The van der Waals surface area contributed by atoms with Crippen molar-refractivity contribution in [3.05, 3.63) is 82.9 Å². The van der Waals surface area contributed by atoms with E-state index >= 15 is 0 Å². The Balaban J connectivity index is 1.44. The monoisotopic (exact) mass is 417 g/mol. The maximum absolute atomic E-state index is 13.1. The molecule has 3 heterocycles. The van der Waals surface area contributed by atoms with Crippen LogP contribution in [0.4, 0.5) is 0 Å². The van der Waals surface area contributed by atoms with Crippen molar-refractivity contribution in [2.75, 3.05) is 6.79 Å². The van der Waals surface area contributed by atoms with Crippen LogP contribution in [-0.2, 0) is 6.54 Å². The number of nitrogens with one attached hydrogen (secondary N) is 1. The van der Waals surface area contributed by atoms with Crippen molar-refractivity contribution in [1.82, 2.24) is 15.1 Å². The molecule has 0 saturated carbocycles. The lowest BCUT2D eigenvalue weighted by Gasteiger charge is -2.09. The molecule has 2 aromatic heterocycles. The first-order valence-electron chi connectivity index (χ1n) is 9.55. The molecule has 1 aliphatic rings. The van der Waals surface area contributed by atoms with E-state index in [9.17, 15) is 4.79 Å². The first-order chi connectivity index (χ1) is 14.7. The molecule has 0 bridgehead atoms. The van der Waals surface area contributed by atoms with Gasteiger partial charge in [-0.05, 0) is 59.8 Å². The van der Waals surface area contributed by atoms with Gasteiger partial charge in [0, 0.05) is 6.54 Å². The maximum Gasteiger partial charge on any atom is 0.270 e. The number of amides is 1. The number of aromatic nitrogens is 2. The molecule has 30 heavy (non-hydrogen) atoms. The largest absolute Gasteiger partial charge is 0.454 e. The molecule has 150 valence electrons. The number of carbonyl (C=O) groups excluding carboxylic acids is 1. The van der Waals surface area contributed by atoms with Gasteiger partial charge in [-0.15, -0.1) is 11.3 Å². The summed E-state index contributed by atoms with van der Waals surface area (Å²) >= 11 is 1.60. The molecule has 0 fully saturated rings. The van der Waals surface area contributed by atoms with Gasteiger partial charge in [-0.2, -0.15) is 5.10 Å². The Morgan fingerprint density at radius 1 is 1.10 bits per heavy atom. The minimum absolute atomic E-state index is 0.190. The topological polar surface area (TPSA) is 65.4 Å². The van der Waals surface area contributed by atoms with Gasteiger partial charge in [-0.3, -0.25) is 4.79 Å². The van der Waals surface area contributed by atoms with Crippen molar-refractivity contribution >= 4 is 17.2 Å². The Morgan fingerprint density at radius 2 is 2.00 bits per heavy atom. The van der Waals surface area contributed by atoms with E-state index in [0.29, 0.717) is 18.0 Å². The predicted octanol–water partition coefficient (Wildman–Crippen LogP) is 4.57. The van der Waals surface area contributed by atoms with Gasteiger partial charge in [0.15, 0.2) is 11.5 Å². The molecule has 4 aromatic rings. The second-order valence-electron chi connectivity index (χ2n) is 7.01. The molecule has 0 unspecified atom stereocenters. The fourth-order valence-electron chi connectivity index (χ4n) is 3.37. The average molecular weight is 417 g/mol. The van der Waals surface area contributed by atoms with E-state index < -0.39 is 0 Å². The quantitative estimate of drug-likeness (QED) is 0.517. The number of rotatable bonds is 5. The van der Waals surface area contributed by atoms with Crippen molar-refractivity contribution < 1.29 is 14.3 Å². The lowest BCUT2D eigenvalue weighted by Crippen LogP contribution is -2.25. The second-order valence-corrected chi connectivity index (χ2v) is 7.96. The Hall–Kier alpha value is -3.58. The fourth-order valence-corrected chi connectivity index (χ4v) is 4.05. The van der Waals surface area contributed by atoms with Gasteiger partial charge in [0.25, 0.3) is 5.91 Å². The third kappa shape index (κ3) is 3.55. The first kappa shape index (κ1) is 18.4. The molecule has 1 aliphatic heterocycles. The lowest BCUT2D eigenvalue weighted by atomic mass is 10.2. The van der Waals surface area contributed by atoms with Gasteiger partial charge in [0.05, 0.1) is 10.6 Å². The van der Waals surface area contributed by atoms with Crippen molar-refractivity contribution in [3.63, 3.8) is 0 Å². The molecule has 0 saturated heterocycles. The molecule has 1 N–H and O–H groups in total. The van der Waals surface area contributed by atoms with Gasteiger partial charge >= 0.3 is 0 Å². The zero-order chi connectivity index (χ0) is 20.5. The molecule has 6 nitrogen and oxygen atoms in total. The summed E-state index contributed by atoms with van der Waals surface area (Å²) < 4.78 is 12.5. The smallest absolute Gasteiger partial charge is 0.270 e. The van der Waals surface area contributed by atoms with Crippen LogP contribution in [0.5, 0.6) is 11.5 Å². The van der Waals surface area contributed by atoms with E-state index in [-0.39, 0.29) is 12.7 Å². The van der Waals surface area contributed by atoms with E-state index in [1.807, 2.05) is 73.0 Å². The standard InChI is InChI=1S/C23H19N3O3S/c1-15-4-2-5-17(10-15)26-19(12-18(25-26)22-6-3-9-30-22)23(27)24-13-16-7-8-20-21(11-16)29-14-28-20/h2-12H,13-14H2,1H3,(H,24,27). The van der Waals surface area contributed by atoms with Crippen molar-refractivity contribution in [2.24, 2.45) is 0 Å². The molecule has 0 aliphatic carbocycles. The summed E-state index contributed by atoms with van der Waals surface area (Å²) in [4.78, 5) is 14.1. The van der Waals surface area contributed by atoms with Crippen LogP contribution >= 0.6 is 11.3 Å².